The highest BCUT2D eigenvalue weighted by atomic mass is 16.1. The number of rotatable bonds is 4. The lowest BCUT2D eigenvalue weighted by atomic mass is 9.87. The molecule has 3 heteroatoms. The number of aryl methyl sites for hydroxylation is 1. The summed E-state index contributed by atoms with van der Waals surface area (Å²) in [6, 6.07) is 15.7. The normalized spacial score (nSPS) is 11.2. The average Bonchev–Trinajstić information content (AvgIpc) is 2.46. The zero-order chi connectivity index (χ0) is 16.2. The third-order valence-electron chi connectivity index (χ3n) is 3.71. The topological polar surface area (TPSA) is 55.1 Å². The van der Waals surface area contributed by atoms with Gasteiger partial charge >= 0.3 is 0 Å². The van der Waals surface area contributed by atoms with E-state index in [9.17, 15) is 4.79 Å². The van der Waals surface area contributed by atoms with E-state index in [1.54, 1.807) is 0 Å². The maximum atomic E-state index is 12.0. The van der Waals surface area contributed by atoms with E-state index >= 15 is 0 Å². The van der Waals surface area contributed by atoms with E-state index in [0.29, 0.717) is 12.8 Å². The molecule has 1 amide bonds. The lowest BCUT2D eigenvalue weighted by Gasteiger charge is -2.19. The molecule has 3 N–H and O–H groups in total. The largest absolute Gasteiger partial charge is 0.399 e. The van der Waals surface area contributed by atoms with Gasteiger partial charge in [0.15, 0.2) is 0 Å². The molecule has 0 radical (unpaired) electrons. The first-order chi connectivity index (χ1) is 10.4. The molecule has 0 heterocycles. The number of carbonyl (C=O) groups is 1. The standard InChI is InChI=1S/C19H24N2O/c1-19(2,3)15-9-11-16(12-10-15)21-18(22)13-8-14-6-4-5-7-17(14)20/h4-7,9-12H,8,13,20H2,1-3H3,(H,21,22). The predicted octanol–water partition coefficient (Wildman–Crippen LogP) is 4.14. The monoisotopic (exact) mass is 296 g/mol. The molecule has 0 aliphatic heterocycles. The van der Waals surface area contributed by atoms with E-state index in [-0.39, 0.29) is 11.3 Å². The molecule has 0 atom stereocenters. The van der Waals surface area contributed by atoms with Crippen LogP contribution in [0, 0.1) is 0 Å². The molecule has 2 rings (SSSR count). The van der Waals surface area contributed by atoms with E-state index in [1.165, 1.54) is 5.56 Å². The van der Waals surface area contributed by atoms with Crippen LogP contribution >= 0.6 is 0 Å². The first kappa shape index (κ1) is 16.1. The molecule has 0 spiro atoms. The van der Waals surface area contributed by atoms with Crippen molar-refractivity contribution in [3.8, 4) is 0 Å². The Morgan fingerprint density at radius 3 is 2.27 bits per heavy atom. The van der Waals surface area contributed by atoms with Gasteiger partial charge in [-0.2, -0.15) is 0 Å². The molecule has 0 fully saturated rings. The minimum absolute atomic E-state index is 0.00626. The summed E-state index contributed by atoms with van der Waals surface area (Å²) < 4.78 is 0. The number of para-hydroxylation sites is 1. The van der Waals surface area contributed by atoms with Crippen LogP contribution in [-0.2, 0) is 16.6 Å². The summed E-state index contributed by atoms with van der Waals surface area (Å²) >= 11 is 0. The molecule has 0 aliphatic rings. The quantitative estimate of drug-likeness (QED) is 0.833. The number of anilines is 2. The Morgan fingerprint density at radius 1 is 1.05 bits per heavy atom. The highest BCUT2D eigenvalue weighted by Crippen LogP contribution is 2.23. The first-order valence-corrected chi connectivity index (χ1v) is 7.60. The Balaban J connectivity index is 1.91. The number of nitrogens with two attached hydrogens (primary N) is 1. The molecule has 0 aliphatic carbocycles. The second-order valence-electron chi connectivity index (χ2n) is 6.57. The first-order valence-electron chi connectivity index (χ1n) is 7.60. The molecule has 3 nitrogen and oxygen atoms in total. The second kappa shape index (κ2) is 6.65. The van der Waals surface area contributed by atoms with Gasteiger partial charge in [0.2, 0.25) is 5.91 Å². The summed E-state index contributed by atoms with van der Waals surface area (Å²) in [6.07, 6.45) is 1.08. The number of hydrogen-bond acceptors (Lipinski definition) is 2. The van der Waals surface area contributed by atoms with Gasteiger partial charge in [0.1, 0.15) is 0 Å². The Labute approximate surface area is 132 Å². The molecule has 22 heavy (non-hydrogen) atoms. The van der Waals surface area contributed by atoms with Crippen LogP contribution in [0.15, 0.2) is 48.5 Å². The average molecular weight is 296 g/mol. The van der Waals surface area contributed by atoms with Gasteiger partial charge in [-0.1, -0.05) is 51.1 Å². The van der Waals surface area contributed by atoms with Crippen molar-refractivity contribution in [1.29, 1.82) is 0 Å². The second-order valence-corrected chi connectivity index (χ2v) is 6.57. The van der Waals surface area contributed by atoms with Crippen molar-refractivity contribution in [2.24, 2.45) is 0 Å². The van der Waals surface area contributed by atoms with E-state index in [2.05, 4.69) is 38.2 Å². The predicted molar refractivity (Wildman–Crippen MR) is 92.9 cm³/mol. The maximum Gasteiger partial charge on any atom is 0.224 e. The lowest BCUT2D eigenvalue weighted by Crippen LogP contribution is -2.14. The number of amides is 1. The van der Waals surface area contributed by atoms with Crippen molar-refractivity contribution < 1.29 is 4.79 Å². The molecule has 0 aromatic heterocycles. The van der Waals surface area contributed by atoms with Crippen molar-refractivity contribution in [1.82, 2.24) is 0 Å². The van der Waals surface area contributed by atoms with E-state index in [1.807, 2.05) is 36.4 Å². The van der Waals surface area contributed by atoms with Crippen molar-refractivity contribution in [2.45, 2.75) is 39.0 Å². The fourth-order valence-corrected chi connectivity index (χ4v) is 2.29. The minimum atomic E-state index is 0.00626. The van der Waals surface area contributed by atoms with E-state index < -0.39 is 0 Å². The Kier molecular flexibility index (Phi) is 4.86. The van der Waals surface area contributed by atoms with Crippen molar-refractivity contribution in [3.63, 3.8) is 0 Å². The fraction of sp³-hybridized carbons (Fsp3) is 0.316. The number of carbonyl (C=O) groups excluding carboxylic acids is 1. The van der Waals surface area contributed by atoms with E-state index in [4.69, 9.17) is 5.73 Å². The van der Waals surface area contributed by atoms with Crippen molar-refractivity contribution in [2.75, 3.05) is 11.1 Å². The van der Waals surface area contributed by atoms with Gasteiger partial charge in [-0.15, -0.1) is 0 Å². The Bertz CT molecular complexity index is 639. The SMILES string of the molecule is CC(C)(C)c1ccc(NC(=O)CCc2ccccc2N)cc1. The van der Waals surface area contributed by atoms with Crippen molar-refractivity contribution >= 4 is 17.3 Å². The summed E-state index contributed by atoms with van der Waals surface area (Å²) in [6.45, 7) is 6.51. The number of hydrogen-bond donors (Lipinski definition) is 2. The van der Waals surface area contributed by atoms with Crippen LogP contribution in [0.5, 0.6) is 0 Å². The van der Waals surface area contributed by atoms with Crippen LogP contribution in [0.2, 0.25) is 0 Å². The summed E-state index contributed by atoms with van der Waals surface area (Å²) in [5.74, 6) is 0.00626. The number of nitrogen functional groups attached to an aromatic ring is 1. The maximum absolute atomic E-state index is 12.0. The van der Waals surface area contributed by atoms with Crippen LogP contribution < -0.4 is 11.1 Å². The van der Waals surface area contributed by atoms with Gasteiger partial charge in [0.05, 0.1) is 0 Å². The van der Waals surface area contributed by atoms with Gasteiger partial charge in [-0.3, -0.25) is 4.79 Å². The molecule has 0 saturated heterocycles. The van der Waals surface area contributed by atoms with Crippen LogP contribution in [0.25, 0.3) is 0 Å². The molecular formula is C19H24N2O. The van der Waals surface area contributed by atoms with E-state index in [0.717, 1.165) is 16.9 Å². The van der Waals surface area contributed by atoms with Gasteiger partial charge in [0.25, 0.3) is 0 Å². The summed E-state index contributed by atoms with van der Waals surface area (Å²) in [5.41, 5.74) is 9.84. The van der Waals surface area contributed by atoms with Crippen molar-refractivity contribution in [3.05, 3.63) is 59.7 Å². The molecule has 0 bridgehead atoms. The van der Waals surface area contributed by atoms with Gasteiger partial charge in [0, 0.05) is 17.8 Å². The van der Waals surface area contributed by atoms with Gasteiger partial charge in [-0.05, 0) is 41.2 Å². The molecule has 2 aromatic carbocycles. The molecule has 0 saturated carbocycles. The summed E-state index contributed by atoms with van der Waals surface area (Å²) in [7, 11) is 0. The zero-order valence-electron chi connectivity index (χ0n) is 13.5. The van der Waals surface area contributed by atoms with Crippen LogP contribution in [0.1, 0.15) is 38.3 Å². The van der Waals surface area contributed by atoms with Gasteiger partial charge in [-0.25, -0.2) is 0 Å². The smallest absolute Gasteiger partial charge is 0.224 e. The molecule has 116 valence electrons. The molecule has 2 aromatic rings. The minimum Gasteiger partial charge on any atom is -0.399 e. The zero-order valence-corrected chi connectivity index (χ0v) is 13.5. The van der Waals surface area contributed by atoms with Gasteiger partial charge < -0.3 is 11.1 Å². The third-order valence-corrected chi connectivity index (χ3v) is 3.71. The van der Waals surface area contributed by atoms with Crippen LogP contribution in [0.3, 0.4) is 0 Å². The Hall–Kier alpha value is -2.29. The number of nitrogens with one attached hydrogen (secondary N) is 1. The molecular weight excluding hydrogens is 272 g/mol. The summed E-state index contributed by atoms with van der Waals surface area (Å²) in [4.78, 5) is 12.0. The highest BCUT2D eigenvalue weighted by molar-refractivity contribution is 5.90. The number of benzene rings is 2. The third kappa shape index (κ3) is 4.35. The summed E-state index contributed by atoms with van der Waals surface area (Å²) in [5, 5.41) is 2.93. The van der Waals surface area contributed by atoms with Crippen LogP contribution in [-0.4, -0.2) is 5.91 Å². The van der Waals surface area contributed by atoms with Crippen LogP contribution in [0.4, 0.5) is 11.4 Å². The lowest BCUT2D eigenvalue weighted by molar-refractivity contribution is -0.116. The fourth-order valence-electron chi connectivity index (χ4n) is 2.29. The highest BCUT2D eigenvalue weighted by Gasteiger charge is 2.13. The molecule has 0 unspecified atom stereocenters. The Morgan fingerprint density at radius 2 is 1.68 bits per heavy atom.